The Morgan fingerprint density at radius 3 is 2.71 bits per heavy atom. The molecule has 5 heteroatoms. The van der Waals surface area contributed by atoms with Crippen LogP contribution < -0.4 is 5.32 Å². The van der Waals surface area contributed by atoms with Crippen LogP contribution >= 0.6 is 0 Å². The second-order valence-electron chi connectivity index (χ2n) is 3.39. The van der Waals surface area contributed by atoms with Crippen molar-refractivity contribution in [1.82, 2.24) is 10.2 Å². The lowest BCUT2D eigenvalue weighted by molar-refractivity contribution is 0.168. The zero-order valence-corrected chi connectivity index (χ0v) is 9.43. The minimum atomic E-state index is -0.443. The normalized spacial score (nSPS) is 9.94. The predicted molar refractivity (Wildman–Crippen MR) is 64.7 cm³/mol. The second-order valence-corrected chi connectivity index (χ2v) is 3.39. The van der Waals surface area contributed by atoms with E-state index in [0.717, 1.165) is 11.3 Å². The lowest BCUT2D eigenvalue weighted by Gasteiger charge is -2.05. The molecule has 0 radical (unpaired) electrons. The summed E-state index contributed by atoms with van der Waals surface area (Å²) in [6.07, 6.45) is 1.25. The van der Waals surface area contributed by atoms with Gasteiger partial charge in [-0.15, -0.1) is 0 Å². The molecule has 1 aromatic carbocycles. The highest BCUT2D eigenvalue weighted by Crippen LogP contribution is 2.18. The number of H-pyrrole nitrogens is 1. The standard InChI is InChI=1S/C12H13N3O2/c1-2-17-12(16)14-10-5-3-9(4-6-10)11-7-8-13-15-11/h3-8H,2H2,1H3,(H,13,15)(H,14,16). The molecule has 5 nitrogen and oxygen atoms in total. The fraction of sp³-hybridized carbons (Fsp3) is 0.167. The first kappa shape index (κ1) is 11.2. The number of amides is 1. The van der Waals surface area contributed by atoms with Crippen molar-refractivity contribution in [2.24, 2.45) is 0 Å². The van der Waals surface area contributed by atoms with Gasteiger partial charge in [0.05, 0.1) is 12.3 Å². The molecule has 2 aromatic rings. The fourth-order valence-electron chi connectivity index (χ4n) is 1.43. The first-order chi connectivity index (χ1) is 8.29. The van der Waals surface area contributed by atoms with Gasteiger partial charge in [-0.25, -0.2) is 4.79 Å². The van der Waals surface area contributed by atoms with Crippen molar-refractivity contribution in [3.05, 3.63) is 36.5 Å². The van der Waals surface area contributed by atoms with Gasteiger partial charge >= 0.3 is 6.09 Å². The maximum atomic E-state index is 11.2. The summed E-state index contributed by atoms with van der Waals surface area (Å²) in [5.41, 5.74) is 2.65. The number of nitrogens with one attached hydrogen (secondary N) is 2. The number of nitrogens with zero attached hydrogens (tertiary/aromatic N) is 1. The van der Waals surface area contributed by atoms with Crippen LogP contribution in [0.2, 0.25) is 0 Å². The van der Waals surface area contributed by atoms with Crippen molar-refractivity contribution in [3.8, 4) is 11.3 Å². The number of hydrogen-bond acceptors (Lipinski definition) is 3. The van der Waals surface area contributed by atoms with Gasteiger partial charge in [-0.1, -0.05) is 12.1 Å². The molecule has 1 amide bonds. The van der Waals surface area contributed by atoms with Crippen LogP contribution in [0.15, 0.2) is 36.5 Å². The summed E-state index contributed by atoms with van der Waals surface area (Å²) in [6.45, 7) is 2.12. The molecule has 0 aliphatic rings. The highest BCUT2D eigenvalue weighted by Gasteiger charge is 2.02. The van der Waals surface area contributed by atoms with E-state index in [1.54, 1.807) is 13.1 Å². The summed E-state index contributed by atoms with van der Waals surface area (Å²) in [7, 11) is 0. The molecular weight excluding hydrogens is 218 g/mol. The van der Waals surface area contributed by atoms with E-state index in [0.29, 0.717) is 12.3 Å². The van der Waals surface area contributed by atoms with Gasteiger partial charge in [0.15, 0.2) is 0 Å². The number of aromatic amines is 1. The summed E-state index contributed by atoms with van der Waals surface area (Å²) in [6, 6.07) is 9.30. The topological polar surface area (TPSA) is 67.0 Å². The number of benzene rings is 1. The molecule has 0 fully saturated rings. The van der Waals surface area contributed by atoms with E-state index in [1.807, 2.05) is 30.3 Å². The van der Waals surface area contributed by atoms with Crippen LogP contribution in [-0.2, 0) is 4.74 Å². The first-order valence-electron chi connectivity index (χ1n) is 5.33. The van der Waals surface area contributed by atoms with Crippen LogP contribution in [0, 0.1) is 0 Å². The average Bonchev–Trinajstić information content (AvgIpc) is 2.84. The Kier molecular flexibility index (Phi) is 3.40. The molecule has 0 spiro atoms. The van der Waals surface area contributed by atoms with Crippen LogP contribution in [0.5, 0.6) is 0 Å². The Morgan fingerprint density at radius 2 is 2.12 bits per heavy atom. The smallest absolute Gasteiger partial charge is 0.411 e. The van der Waals surface area contributed by atoms with Gasteiger partial charge in [0.25, 0.3) is 0 Å². The number of anilines is 1. The van der Waals surface area contributed by atoms with E-state index < -0.39 is 6.09 Å². The Labute approximate surface area is 98.8 Å². The molecule has 1 heterocycles. The van der Waals surface area contributed by atoms with E-state index >= 15 is 0 Å². The van der Waals surface area contributed by atoms with Crippen LogP contribution in [0.4, 0.5) is 10.5 Å². The van der Waals surface area contributed by atoms with Gasteiger partial charge in [0.2, 0.25) is 0 Å². The zero-order chi connectivity index (χ0) is 12.1. The fourth-order valence-corrected chi connectivity index (χ4v) is 1.43. The molecule has 0 saturated carbocycles. The molecule has 17 heavy (non-hydrogen) atoms. The maximum absolute atomic E-state index is 11.2. The highest BCUT2D eigenvalue weighted by molar-refractivity contribution is 5.85. The number of carbonyl (C=O) groups is 1. The Morgan fingerprint density at radius 1 is 1.35 bits per heavy atom. The van der Waals surface area contributed by atoms with Gasteiger partial charge < -0.3 is 4.74 Å². The van der Waals surface area contributed by atoms with Crippen molar-refractivity contribution in [3.63, 3.8) is 0 Å². The number of ether oxygens (including phenoxy) is 1. The minimum absolute atomic E-state index is 0.359. The Balaban J connectivity index is 2.06. The predicted octanol–water partition coefficient (Wildman–Crippen LogP) is 2.65. The van der Waals surface area contributed by atoms with Crippen molar-refractivity contribution in [2.75, 3.05) is 11.9 Å². The third-order valence-electron chi connectivity index (χ3n) is 2.22. The molecular formula is C12H13N3O2. The molecule has 2 rings (SSSR count). The number of hydrogen-bond donors (Lipinski definition) is 2. The highest BCUT2D eigenvalue weighted by atomic mass is 16.5. The summed E-state index contributed by atoms with van der Waals surface area (Å²) in [5.74, 6) is 0. The number of rotatable bonds is 3. The minimum Gasteiger partial charge on any atom is -0.450 e. The third kappa shape index (κ3) is 2.84. The maximum Gasteiger partial charge on any atom is 0.411 e. The largest absolute Gasteiger partial charge is 0.450 e. The van der Waals surface area contributed by atoms with E-state index in [2.05, 4.69) is 15.5 Å². The average molecular weight is 231 g/mol. The summed E-state index contributed by atoms with van der Waals surface area (Å²) < 4.78 is 4.78. The van der Waals surface area contributed by atoms with E-state index in [1.165, 1.54) is 0 Å². The van der Waals surface area contributed by atoms with Crippen molar-refractivity contribution < 1.29 is 9.53 Å². The van der Waals surface area contributed by atoms with Crippen LogP contribution in [0.3, 0.4) is 0 Å². The Hall–Kier alpha value is -2.30. The van der Waals surface area contributed by atoms with Crippen LogP contribution in [0.1, 0.15) is 6.92 Å². The van der Waals surface area contributed by atoms with Gasteiger partial charge in [0.1, 0.15) is 0 Å². The van der Waals surface area contributed by atoms with Crippen molar-refractivity contribution in [1.29, 1.82) is 0 Å². The summed E-state index contributed by atoms with van der Waals surface area (Å²) in [4.78, 5) is 11.2. The Bertz CT molecular complexity index is 477. The zero-order valence-electron chi connectivity index (χ0n) is 9.43. The summed E-state index contributed by atoms with van der Waals surface area (Å²) in [5, 5.41) is 9.38. The number of aromatic nitrogens is 2. The monoisotopic (exact) mass is 231 g/mol. The summed E-state index contributed by atoms with van der Waals surface area (Å²) >= 11 is 0. The third-order valence-corrected chi connectivity index (χ3v) is 2.22. The van der Waals surface area contributed by atoms with E-state index in [4.69, 9.17) is 4.74 Å². The van der Waals surface area contributed by atoms with Gasteiger partial charge in [-0.3, -0.25) is 10.4 Å². The molecule has 2 N–H and O–H groups in total. The molecule has 0 atom stereocenters. The van der Waals surface area contributed by atoms with E-state index in [9.17, 15) is 4.79 Å². The first-order valence-corrected chi connectivity index (χ1v) is 5.33. The number of carbonyl (C=O) groups excluding carboxylic acids is 1. The lowest BCUT2D eigenvalue weighted by atomic mass is 10.1. The SMILES string of the molecule is CCOC(=O)Nc1ccc(-c2ccn[nH]2)cc1. The van der Waals surface area contributed by atoms with Crippen LogP contribution in [-0.4, -0.2) is 22.9 Å². The molecule has 0 aliphatic heterocycles. The van der Waals surface area contributed by atoms with Gasteiger partial charge in [0, 0.05) is 11.9 Å². The lowest BCUT2D eigenvalue weighted by Crippen LogP contribution is -2.12. The molecule has 0 aliphatic carbocycles. The second kappa shape index (κ2) is 5.16. The van der Waals surface area contributed by atoms with Crippen LogP contribution in [0.25, 0.3) is 11.3 Å². The quantitative estimate of drug-likeness (QED) is 0.853. The molecule has 0 saturated heterocycles. The van der Waals surface area contributed by atoms with E-state index in [-0.39, 0.29) is 0 Å². The molecule has 88 valence electrons. The molecule has 0 unspecified atom stereocenters. The van der Waals surface area contributed by atoms with Gasteiger partial charge in [-0.05, 0) is 30.7 Å². The van der Waals surface area contributed by atoms with Crippen molar-refractivity contribution >= 4 is 11.8 Å². The van der Waals surface area contributed by atoms with Crippen molar-refractivity contribution in [2.45, 2.75) is 6.92 Å². The molecule has 1 aromatic heterocycles. The molecule has 0 bridgehead atoms. The van der Waals surface area contributed by atoms with Gasteiger partial charge in [-0.2, -0.15) is 5.10 Å².